The average molecular weight is 290 g/mol. The number of aromatic nitrogens is 2. The summed E-state index contributed by atoms with van der Waals surface area (Å²) in [6.07, 6.45) is 1.50. The summed E-state index contributed by atoms with van der Waals surface area (Å²) in [5.74, 6) is 1.27. The van der Waals surface area contributed by atoms with E-state index in [9.17, 15) is 0 Å². The lowest BCUT2D eigenvalue weighted by molar-refractivity contribution is 0.308. The van der Waals surface area contributed by atoms with Crippen molar-refractivity contribution in [1.29, 1.82) is 0 Å². The molecule has 2 rings (SSSR count). The van der Waals surface area contributed by atoms with Crippen LogP contribution >= 0.6 is 0 Å². The summed E-state index contributed by atoms with van der Waals surface area (Å²) >= 11 is 0. The molecule has 0 saturated heterocycles. The van der Waals surface area contributed by atoms with Gasteiger partial charge in [-0.1, -0.05) is 0 Å². The third-order valence-electron chi connectivity index (χ3n) is 2.54. The molecule has 1 aromatic carbocycles. The van der Waals surface area contributed by atoms with Crippen molar-refractivity contribution in [2.75, 3.05) is 20.0 Å². The van der Waals surface area contributed by atoms with Crippen LogP contribution in [0.15, 0.2) is 33.0 Å². The molecule has 0 radical (unpaired) electrons. The number of benzene rings is 1. The fraction of sp³-hybridized carbons (Fsp3) is 0.167. The maximum atomic E-state index is 5.66. The lowest BCUT2D eigenvalue weighted by Crippen LogP contribution is -2.15. The van der Waals surface area contributed by atoms with Gasteiger partial charge in [0.1, 0.15) is 0 Å². The molecule has 9 heteroatoms. The minimum atomic E-state index is 0.00507. The minimum Gasteiger partial charge on any atom is -0.493 e. The number of amidine groups is 1. The summed E-state index contributed by atoms with van der Waals surface area (Å²) in [4.78, 5) is 0. The van der Waals surface area contributed by atoms with Crippen molar-refractivity contribution >= 4 is 17.9 Å². The van der Waals surface area contributed by atoms with Gasteiger partial charge in [-0.05, 0) is 34.1 Å². The first kappa shape index (κ1) is 14.3. The van der Waals surface area contributed by atoms with Gasteiger partial charge < -0.3 is 20.9 Å². The van der Waals surface area contributed by atoms with E-state index in [1.807, 2.05) is 0 Å². The van der Waals surface area contributed by atoms with Crippen LogP contribution in [0.2, 0.25) is 0 Å². The first-order chi connectivity index (χ1) is 10.2. The van der Waals surface area contributed by atoms with Crippen molar-refractivity contribution in [1.82, 2.24) is 10.3 Å². The standard InChI is InChI=1S/C12H14N6O3/c1-19-8-4-3-7(5-9(8)20-2)6-15-16-11(13)10-12(14)18-21-17-10/h3-6H,1-2H3,(H2,13,16)(H2,14,18). The largest absolute Gasteiger partial charge is 0.493 e. The molecule has 0 aliphatic carbocycles. The number of ether oxygens (including phenoxy) is 2. The molecule has 110 valence electrons. The molecule has 0 atom stereocenters. The maximum absolute atomic E-state index is 5.66. The Morgan fingerprint density at radius 3 is 2.62 bits per heavy atom. The van der Waals surface area contributed by atoms with Gasteiger partial charge in [0, 0.05) is 0 Å². The number of hydrogen-bond donors (Lipinski definition) is 2. The summed E-state index contributed by atoms with van der Waals surface area (Å²) in [7, 11) is 3.11. The van der Waals surface area contributed by atoms with Gasteiger partial charge in [-0.25, -0.2) is 4.63 Å². The molecule has 2 aromatic rings. The normalized spacial score (nSPS) is 11.8. The summed E-state index contributed by atoms with van der Waals surface area (Å²) in [5, 5.41) is 14.5. The van der Waals surface area contributed by atoms with E-state index in [1.54, 1.807) is 32.4 Å². The number of rotatable bonds is 5. The van der Waals surface area contributed by atoms with E-state index in [1.165, 1.54) is 6.21 Å². The van der Waals surface area contributed by atoms with Crippen LogP contribution in [0.5, 0.6) is 11.5 Å². The Hall–Kier alpha value is -3.10. The molecule has 0 spiro atoms. The predicted octanol–water partition coefficient (Wildman–Crippen LogP) is 0.408. The van der Waals surface area contributed by atoms with Crippen LogP contribution in [0.25, 0.3) is 0 Å². The summed E-state index contributed by atoms with van der Waals surface area (Å²) in [5.41, 5.74) is 12.1. The van der Waals surface area contributed by atoms with Crippen molar-refractivity contribution in [2.45, 2.75) is 0 Å². The third-order valence-corrected chi connectivity index (χ3v) is 2.54. The van der Waals surface area contributed by atoms with Crippen LogP contribution in [0.3, 0.4) is 0 Å². The van der Waals surface area contributed by atoms with Crippen LogP contribution in [-0.4, -0.2) is 36.6 Å². The zero-order valence-electron chi connectivity index (χ0n) is 11.5. The van der Waals surface area contributed by atoms with Crippen molar-refractivity contribution in [3.63, 3.8) is 0 Å². The van der Waals surface area contributed by atoms with E-state index >= 15 is 0 Å². The van der Waals surface area contributed by atoms with E-state index in [0.717, 1.165) is 5.56 Å². The Kier molecular flexibility index (Phi) is 4.34. The Morgan fingerprint density at radius 2 is 2.00 bits per heavy atom. The van der Waals surface area contributed by atoms with Crippen LogP contribution in [0, 0.1) is 0 Å². The lowest BCUT2D eigenvalue weighted by atomic mass is 10.2. The van der Waals surface area contributed by atoms with Gasteiger partial charge in [0.2, 0.25) is 0 Å². The maximum Gasteiger partial charge on any atom is 0.199 e. The third kappa shape index (κ3) is 3.26. The highest BCUT2D eigenvalue weighted by Crippen LogP contribution is 2.26. The Labute approximate surface area is 120 Å². The van der Waals surface area contributed by atoms with Gasteiger partial charge in [-0.2, -0.15) is 5.10 Å². The number of nitrogens with two attached hydrogens (primary N) is 2. The Balaban J connectivity index is 2.16. The van der Waals surface area contributed by atoms with Crippen molar-refractivity contribution in [3.8, 4) is 11.5 Å². The zero-order chi connectivity index (χ0) is 15.2. The first-order valence-corrected chi connectivity index (χ1v) is 5.82. The van der Waals surface area contributed by atoms with E-state index in [-0.39, 0.29) is 17.3 Å². The minimum absolute atomic E-state index is 0.00507. The lowest BCUT2D eigenvalue weighted by Gasteiger charge is -2.07. The van der Waals surface area contributed by atoms with Gasteiger partial charge in [0.25, 0.3) is 0 Å². The highest BCUT2D eigenvalue weighted by atomic mass is 16.6. The van der Waals surface area contributed by atoms with Crippen LogP contribution in [-0.2, 0) is 0 Å². The molecule has 0 amide bonds. The van der Waals surface area contributed by atoms with Crippen molar-refractivity contribution in [3.05, 3.63) is 29.5 Å². The first-order valence-electron chi connectivity index (χ1n) is 5.82. The Bertz CT molecular complexity index is 679. The van der Waals surface area contributed by atoms with Crippen LogP contribution < -0.4 is 20.9 Å². The van der Waals surface area contributed by atoms with E-state index < -0.39 is 0 Å². The molecule has 21 heavy (non-hydrogen) atoms. The fourth-order valence-electron chi connectivity index (χ4n) is 1.51. The summed E-state index contributed by atoms with van der Waals surface area (Å²) in [6.45, 7) is 0. The van der Waals surface area contributed by atoms with E-state index in [4.69, 9.17) is 20.9 Å². The van der Waals surface area contributed by atoms with Gasteiger partial charge in [0.15, 0.2) is 28.8 Å². The van der Waals surface area contributed by atoms with Crippen molar-refractivity contribution < 1.29 is 14.1 Å². The molecule has 4 N–H and O–H groups in total. The highest BCUT2D eigenvalue weighted by molar-refractivity contribution is 5.99. The summed E-state index contributed by atoms with van der Waals surface area (Å²) < 4.78 is 14.7. The van der Waals surface area contributed by atoms with Gasteiger partial charge in [-0.15, -0.1) is 5.10 Å². The molecular weight excluding hydrogens is 276 g/mol. The number of nitrogen functional groups attached to an aromatic ring is 1. The molecule has 0 saturated carbocycles. The molecule has 1 heterocycles. The average Bonchev–Trinajstić information content (AvgIpc) is 2.93. The predicted molar refractivity (Wildman–Crippen MR) is 76.6 cm³/mol. The topological polar surface area (TPSA) is 134 Å². The van der Waals surface area contributed by atoms with Crippen LogP contribution in [0.4, 0.5) is 5.82 Å². The molecule has 0 aliphatic heterocycles. The fourth-order valence-corrected chi connectivity index (χ4v) is 1.51. The number of nitrogens with zero attached hydrogens (tertiary/aromatic N) is 4. The van der Waals surface area contributed by atoms with Crippen LogP contribution in [0.1, 0.15) is 11.3 Å². The molecule has 0 fully saturated rings. The monoisotopic (exact) mass is 290 g/mol. The SMILES string of the molecule is COc1ccc(C=NN=C(N)c2nonc2N)cc1OC. The van der Waals surface area contributed by atoms with Gasteiger partial charge >= 0.3 is 0 Å². The number of anilines is 1. The molecule has 1 aromatic heterocycles. The zero-order valence-corrected chi connectivity index (χ0v) is 11.5. The second kappa shape index (κ2) is 6.37. The number of methoxy groups -OCH3 is 2. The molecule has 0 bridgehead atoms. The van der Waals surface area contributed by atoms with Gasteiger partial charge in [-0.3, -0.25) is 0 Å². The molecule has 0 aliphatic rings. The second-order valence-corrected chi connectivity index (χ2v) is 3.84. The van der Waals surface area contributed by atoms with Crippen molar-refractivity contribution in [2.24, 2.45) is 15.9 Å². The van der Waals surface area contributed by atoms with Gasteiger partial charge in [0.05, 0.1) is 20.4 Å². The number of hydrogen-bond acceptors (Lipinski definition) is 8. The highest BCUT2D eigenvalue weighted by Gasteiger charge is 2.10. The molecule has 9 nitrogen and oxygen atoms in total. The molecular formula is C12H14N6O3. The Morgan fingerprint density at radius 1 is 1.24 bits per heavy atom. The van der Waals surface area contributed by atoms with E-state index in [0.29, 0.717) is 11.5 Å². The quantitative estimate of drug-likeness (QED) is 0.462. The molecule has 0 unspecified atom stereocenters. The smallest absolute Gasteiger partial charge is 0.199 e. The van der Waals surface area contributed by atoms with E-state index in [2.05, 4.69) is 25.1 Å². The summed E-state index contributed by atoms with van der Waals surface area (Å²) in [6, 6.07) is 5.30. The second-order valence-electron chi connectivity index (χ2n) is 3.84.